The molecule has 0 amide bonds. The standard InChI is InChI=1S/C13H30OSi.HNO3/c1-5-6-7-8-9-10-11-12-13-14-15(2,3)4;2-1(3)4/h5-13H2,1-4H3;(H,2,3,4). The third-order valence-corrected chi connectivity index (χ3v) is 3.60. The molecule has 19 heavy (non-hydrogen) atoms. The maximum atomic E-state index is 8.36. The largest absolute Gasteiger partial charge is 0.418 e. The van der Waals surface area contributed by atoms with Gasteiger partial charge in [0, 0.05) is 6.61 Å². The lowest BCUT2D eigenvalue weighted by Gasteiger charge is -2.16. The van der Waals surface area contributed by atoms with Crippen molar-refractivity contribution in [2.75, 3.05) is 6.61 Å². The molecule has 0 aromatic heterocycles. The first-order chi connectivity index (χ1) is 8.79. The fraction of sp³-hybridized carbons (Fsp3) is 1.00. The van der Waals surface area contributed by atoms with Gasteiger partial charge in [0.25, 0.3) is 5.09 Å². The minimum atomic E-state index is -1.50. The van der Waals surface area contributed by atoms with Crippen molar-refractivity contribution in [1.82, 2.24) is 0 Å². The molecule has 116 valence electrons. The van der Waals surface area contributed by atoms with E-state index in [1.165, 1.54) is 51.4 Å². The van der Waals surface area contributed by atoms with Crippen LogP contribution in [0, 0.1) is 10.1 Å². The van der Waals surface area contributed by atoms with Gasteiger partial charge >= 0.3 is 0 Å². The van der Waals surface area contributed by atoms with Crippen LogP contribution in [0.3, 0.4) is 0 Å². The van der Waals surface area contributed by atoms with Crippen molar-refractivity contribution in [2.45, 2.75) is 77.9 Å². The average molecular weight is 293 g/mol. The molecule has 5 nitrogen and oxygen atoms in total. The van der Waals surface area contributed by atoms with Crippen LogP contribution in [0.4, 0.5) is 0 Å². The molecular weight excluding hydrogens is 262 g/mol. The molecule has 0 aromatic rings. The summed E-state index contributed by atoms with van der Waals surface area (Å²) in [5.74, 6) is 0. The zero-order valence-electron chi connectivity index (χ0n) is 13.0. The second-order valence-corrected chi connectivity index (χ2v) is 10.2. The maximum Gasteiger partial charge on any atom is 0.291 e. The van der Waals surface area contributed by atoms with Crippen molar-refractivity contribution in [3.63, 3.8) is 0 Å². The van der Waals surface area contributed by atoms with Crippen LogP contribution < -0.4 is 0 Å². The first kappa shape index (κ1) is 20.7. The Kier molecular flexibility index (Phi) is 15.0. The van der Waals surface area contributed by atoms with Crippen LogP contribution in [-0.2, 0) is 4.43 Å². The van der Waals surface area contributed by atoms with Gasteiger partial charge in [0.2, 0.25) is 0 Å². The van der Waals surface area contributed by atoms with Crippen molar-refractivity contribution >= 4 is 8.32 Å². The predicted molar refractivity (Wildman–Crippen MR) is 80.7 cm³/mol. The Hall–Kier alpha value is -0.623. The molecule has 0 radical (unpaired) electrons. The van der Waals surface area contributed by atoms with Gasteiger partial charge in [-0.25, -0.2) is 0 Å². The summed E-state index contributed by atoms with van der Waals surface area (Å²) in [6, 6.07) is 0. The molecule has 0 aliphatic carbocycles. The second-order valence-electron chi connectivity index (χ2n) is 5.67. The van der Waals surface area contributed by atoms with E-state index in [0.717, 1.165) is 6.61 Å². The topological polar surface area (TPSA) is 72.6 Å². The van der Waals surface area contributed by atoms with Gasteiger partial charge in [-0.05, 0) is 26.1 Å². The summed E-state index contributed by atoms with van der Waals surface area (Å²) in [6.07, 6.45) is 11.1. The Balaban J connectivity index is 0. The van der Waals surface area contributed by atoms with Gasteiger partial charge in [0.05, 0.1) is 0 Å². The highest BCUT2D eigenvalue weighted by Gasteiger charge is 2.12. The van der Waals surface area contributed by atoms with Crippen molar-refractivity contribution in [3.05, 3.63) is 10.1 Å². The summed E-state index contributed by atoms with van der Waals surface area (Å²) in [7, 11) is -1.24. The SMILES string of the molecule is CCCCCCCCCCO[Si](C)(C)C.O=[N+]([O-])O. The normalized spacial score (nSPS) is 10.7. The molecule has 0 rings (SSSR count). The Morgan fingerprint density at radius 1 is 1.00 bits per heavy atom. The van der Waals surface area contributed by atoms with Crippen LogP contribution in [0.25, 0.3) is 0 Å². The molecule has 0 aromatic carbocycles. The van der Waals surface area contributed by atoms with E-state index in [-0.39, 0.29) is 0 Å². The number of unbranched alkanes of at least 4 members (excludes halogenated alkanes) is 7. The Labute approximate surface area is 118 Å². The molecule has 0 bridgehead atoms. The van der Waals surface area contributed by atoms with Gasteiger partial charge in [-0.2, -0.15) is 0 Å². The van der Waals surface area contributed by atoms with E-state index in [4.69, 9.17) is 19.7 Å². The molecule has 6 heteroatoms. The van der Waals surface area contributed by atoms with E-state index in [2.05, 4.69) is 26.6 Å². The molecule has 0 fully saturated rings. The van der Waals surface area contributed by atoms with Crippen LogP contribution in [0.1, 0.15) is 58.3 Å². The molecule has 0 atom stereocenters. The van der Waals surface area contributed by atoms with E-state index < -0.39 is 13.4 Å². The zero-order valence-corrected chi connectivity index (χ0v) is 14.0. The number of hydrogen-bond donors (Lipinski definition) is 1. The van der Waals surface area contributed by atoms with Crippen molar-refractivity contribution in [2.24, 2.45) is 0 Å². The molecule has 1 N–H and O–H groups in total. The number of hydrogen-bond acceptors (Lipinski definition) is 3. The van der Waals surface area contributed by atoms with Crippen LogP contribution in [-0.4, -0.2) is 25.2 Å². The fourth-order valence-electron chi connectivity index (χ4n) is 1.61. The van der Waals surface area contributed by atoms with E-state index in [1.807, 2.05) is 0 Å². The summed E-state index contributed by atoms with van der Waals surface area (Å²) in [6.45, 7) is 10.0. The summed E-state index contributed by atoms with van der Waals surface area (Å²) < 4.78 is 5.81. The molecule has 0 heterocycles. The molecule has 0 saturated carbocycles. The summed E-state index contributed by atoms with van der Waals surface area (Å²) in [4.78, 5) is 8.36. The van der Waals surface area contributed by atoms with Gasteiger partial charge in [-0.15, -0.1) is 10.1 Å². The highest BCUT2D eigenvalue weighted by molar-refractivity contribution is 6.69. The first-order valence-electron chi connectivity index (χ1n) is 7.27. The monoisotopic (exact) mass is 293 g/mol. The molecule has 0 aliphatic heterocycles. The maximum absolute atomic E-state index is 8.36. The quantitative estimate of drug-likeness (QED) is 0.276. The summed E-state index contributed by atoms with van der Waals surface area (Å²) in [5.41, 5.74) is 0. The lowest BCUT2D eigenvalue weighted by Crippen LogP contribution is -2.25. The van der Waals surface area contributed by atoms with Gasteiger partial charge in [-0.3, -0.25) is 0 Å². The van der Waals surface area contributed by atoms with E-state index in [0.29, 0.717) is 0 Å². The zero-order chi connectivity index (χ0) is 15.1. The smallest absolute Gasteiger partial charge is 0.291 e. The molecule has 0 unspecified atom stereocenters. The van der Waals surface area contributed by atoms with Crippen LogP contribution in [0.2, 0.25) is 19.6 Å². The highest BCUT2D eigenvalue weighted by atomic mass is 28.4. The van der Waals surface area contributed by atoms with Crippen LogP contribution >= 0.6 is 0 Å². The predicted octanol–water partition coefficient (Wildman–Crippen LogP) is 4.63. The second kappa shape index (κ2) is 13.8. The Morgan fingerprint density at radius 2 is 1.37 bits per heavy atom. The number of rotatable bonds is 10. The third kappa shape index (κ3) is 31.7. The highest BCUT2D eigenvalue weighted by Crippen LogP contribution is 2.09. The lowest BCUT2D eigenvalue weighted by atomic mass is 10.1. The van der Waals surface area contributed by atoms with Crippen molar-refractivity contribution < 1.29 is 14.7 Å². The summed E-state index contributed by atoms with van der Waals surface area (Å²) in [5, 5.41) is 13.6. The Bertz CT molecular complexity index is 203. The average Bonchev–Trinajstić information content (AvgIpc) is 2.24. The van der Waals surface area contributed by atoms with E-state index in [1.54, 1.807) is 0 Å². The summed E-state index contributed by atoms with van der Waals surface area (Å²) >= 11 is 0. The van der Waals surface area contributed by atoms with Gasteiger partial charge in [0.15, 0.2) is 8.32 Å². The van der Waals surface area contributed by atoms with Crippen LogP contribution in [0.15, 0.2) is 0 Å². The fourth-order valence-corrected chi connectivity index (χ4v) is 2.37. The van der Waals surface area contributed by atoms with Gasteiger partial charge in [-0.1, -0.05) is 51.9 Å². The molecular formula is C13H31NO4Si. The molecule has 0 aliphatic rings. The first-order valence-corrected chi connectivity index (χ1v) is 10.7. The minimum Gasteiger partial charge on any atom is -0.418 e. The van der Waals surface area contributed by atoms with E-state index in [9.17, 15) is 0 Å². The Morgan fingerprint density at radius 3 is 1.74 bits per heavy atom. The van der Waals surface area contributed by atoms with Crippen LogP contribution in [0.5, 0.6) is 0 Å². The van der Waals surface area contributed by atoms with E-state index >= 15 is 0 Å². The van der Waals surface area contributed by atoms with Gasteiger partial charge in [0.1, 0.15) is 0 Å². The van der Waals surface area contributed by atoms with Crippen molar-refractivity contribution in [3.8, 4) is 0 Å². The van der Waals surface area contributed by atoms with Crippen molar-refractivity contribution in [1.29, 1.82) is 0 Å². The molecule has 0 spiro atoms. The third-order valence-electron chi connectivity index (χ3n) is 2.53. The molecule has 0 saturated heterocycles. The lowest BCUT2D eigenvalue weighted by molar-refractivity contribution is -0.742. The van der Waals surface area contributed by atoms with Gasteiger partial charge < -0.3 is 9.63 Å². The number of nitrogens with zero attached hydrogens (tertiary/aromatic N) is 1. The minimum absolute atomic E-state index is 0.991.